The molecule has 0 bridgehead atoms. The van der Waals surface area contributed by atoms with E-state index in [9.17, 15) is 14.4 Å². The molecule has 32 heavy (non-hydrogen) atoms. The molecule has 168 valence electrons. The number of nitrogens with zero attached hydrogens (tertiary/aromatic N) is 1. The number of Topliss-reactive ketones (excluding diaryl/α,β-unsaturated/α-hetero) is 1. The molecule has 0 saturated heterocycles. The molecule has 1 unspecified atom stereocenters. The summed E-state index contributed by atoms with van der Waals surface area (Å²) in [6.07, 6.45) is -1.02. The molecule has 0 fully saturated rings. The summed E-state index contributed by atoms with van der Waals surface area (Å²) in [4.78, 5) is 45.6. The summed E-state index contributed by atoms with van der Waals surface area (Å²) < 4.78 is 10.1. The second kappa shape index (κ2) is 10.1. The molecule has 0 radical (unpaired) electrons. The number of aromatic nitrogens is 2. The van der Waals surface area contributed by atoms with Crippen LogP contribution < -0.4 is 0 Å². The topological polar surface area (TPSA) is 98.4 Å². The summed E-state index contributed by atoms with van der Waals surface area (Å²) >= 11 is 3.25. The Morgan fingerprint density at radius 2 is 1.81 bits per heavy atom. The first-order chi connectivity index (χ1) is 15.2. The van der Waals surface area contributed by atoms with Gasteiger partial charge in [0.25, 0.3) is 0 Å². The van der Waals surface area contributed by atoms with E-state index in [1.807, 2.05) is 24.4 Å². The predicted molar refractivity (Wildman–Crippen MR) is 124 cm³/mol. The third-order valence-corrected chi connectivity index (χ3v) is 6.74. The van der Waals surface area contributed by atoms with Crippen molar-refractivity contribution in [3.63, 3.8) is 0 Å². The van der Waals surface area contributed by atoms with E-state index < -0.39 is 23.8 Å². The van der Waals surface area contributed by atoms with Crippen molar-refractivity contribution in [1.29, 1.82) is 0 Å². The van der Waals surface area contributed by atoms with Crippen LogP contribution in [0.3, 0.4) is 0 Å². The highest BCUT2D eigenvalue weighted by Gasteiger charge is 2.27. The molecule has 0 aliphatic heterocycles. The third kappa shape index (κ3) is 5.28. The highest BCUT2D eigenvalue weighted by atomic mass is 32.2. The Balaban J connectivity index is 1.62. The Labute approximate surface area is 194 Å². The largest absolute Gasteiger partial charge is 0.465 e. The molecule has 3 rings (SSSR count). The lowest BCUT2D eigenvalue weighted by atomic mass is 10.1. The van der Waals surface area contributed by atoms with Gasteiger partial charge in [-0.25, -0.2) is 14.6 Å². The molecule has 0 saturated carbocycles. The quantitative estimate of drug-likeness (QED) is 0.283. The lowest BCUT2D eigenvalue weighted by molar-refractivity contribution is 0.0316. The van der Waals surface area contributed by atoms with Crippen molar-refractivity contribution >= 4 is 40.8 Å². The van der Waals surface area contributed by atoms with Crippen molar-refractivity contribution in [3.05, 3.63) is 68.4 Å². The number of H-pyrrole nitrogens is 1. The van der Waals surface area contributed by atoms with Gasteiger partial charge in [0.05, 0.1) is 34.6 Å². The first kappa shape index (κ1) is 23.7. The van der Waals surface area contributed by atoms with Crippen LogP contribution in [0.15, 0.2) is 34.5 Å². The fourth-order valence-electron chi connectivity index (χ4n) is 3.21. The van der Waals surface area contributed by atoms with E-state index in [1.54, 1.807) is 49.1 Å². The number of benzene rings is 1. The molecular weight excluding hydrogens is 448 g/mol. The number of ketones is 1. The maximum Gasteiger partial charge on any atom is 0.339 e. The molecule has 9 heteroatoms. The van der Waals surface area contributed by atoms with Gasteiger partial charge in [0.2, 0.25) is 5.78 Å². The number of rotatable bonds is 8. The lowest BCUT2D eigenvalue weighted by Gasteiger charge is -2.12. The van der Waals surface area contributed by atoms with Crippen LogP contribution in [0, 0.1) is 20.8 Å². The molecule has 2 aromatic heterocycles. The average molecular weight is 473 g/mol. The number of carbonyl (C=O) groups excluding carboxylic acids is 3. The van der Waals surface area contributed by atoms with Crippen LogP contribution in [0.5, 0.6) is 0 Å². The number of methoxy groups -OCH3 is 1. The molecule has 1 atom stereocenters. The number of nitrogens with one attached hydrogen (secondary N) is 1. The van der Waals surface area contributed by atoms with Gasteiger partial charge in [-0.05, 0) is 57.5 Å². The molecule has 2 heterocycles. The molecule has 0 aliphatic carbocycles. The molecule has 0 spiro atoms. The number of aromatic amines is 1. The van der Waals surface area contributed by atoms with Crippen molar-refractivity contribution in [2.24, 2.45) is 0 Å². The fraction of sp³-hybridized carbons (Fsp3) is 0.304. The second-order valence-electron chi connectivity index (χ2n) is 7.20. The number of esters is 2. The van der Waals surface area contributed by atoms with Gasteiger partial charge in [0, 0.05) is 21.7 Å². The summed E-state index contributed by atoms with van der Waals surface area (Å²) in [5.41, 5.74) is 2.92. The van der Waals surface area contributed by atoms with Crippen molar-refractivity contribution < 1.29 is 23.9 Å². The van der Waals surface area contributed by atoms with Crippen LogP contribution in [0.4, 0.5) is 0 Å². The zero-order valence-corrected chi connectivity index (χ0v) is 20.1. The third-order valence-electron chi connectivity index (χ3n) is 4.87. The molecule has 0 aliphatic rings. The van der Waals surface area contributed by atoms with Crippen LogP contribution in [0.25, 0.3) is 0 Å². The van der Waals surface area contributed by atoms with Crippen molar-refractivity contribution in [1.82, 2.24) is 9.97 Å². The van der Waals surface area contributed by atoms with E-state index >= 15 is 0 Å². The number of ether oxygens (including phenoxy) is 2. The van der Waals surface area contributed by atoms with E-state index in [1.165, 1.54) is 14.0 Å². The van der Waals surface area contributed by atoms with Crippen LogP contribution in [-0.2, 0) is 15.2 Å². The van der Waals surface area contributed by atoms with Gasteiger partial charge < -0.3 is 14.5 Å². The highest BCUT2D eigenvalue weighted by molar-refractivity contribution is 7.98. The molecule has 7 nitrogen and oxygen atoms in total. The molecule has 3 aromatic rings. The molecular formula is C23H24N2O5S2. The van der Waals surface area contributed by atoms with Gasteiger partial charge in [-0.15, -0.1) is 23.1 Å². The van der Waals surface area contributed by atoms with Gasteiger partial charge >= 0.3 is 11.9 Å². The minimum atomic E-state index is -1.02. The number of carbonyl (C=O) groups is 3. The monoisotopic (exact) mass is 472 g/mol. The van der Waals surface area contributed by atoms with Crippen molar-refractivity contribution in [2.75, 3.05) is 7.11 Å². The molecule has 1 aromatic carbocycles. The van der Waals surface area contributed by atoms with E-state index in [2.05, 4.69) is 9.97 Å². The number of thiazole rings is 1. The maximum atomic E-state index is 12.8. The smallest absolute Gasteiger partial charge is 0.339 e. The number of aryl methyl sites for hydroxylation is 2. The average Bonchev–Trinajstić information content (AvgIpc) is 3.33. The number of hydrogen-bond acceptors (Lipinski definition) is 8. The van der Waals surface area contributed by atoms with E-state index in [0.29, 0.717) is 22.4 Å². The van der Waals surface area contributed by atoms with Crippen LogP contribution >= 0.6 is 23.1 Å². The summed E-state index contributed by atoms with van der Waals surface area (Å²) in [7, 11) is 1.28. The Morgan fingerprint density at radius 1 is 1.12 bits per heavy atom. The van der Waals surface area contributed by atoms with E-state index in [4.69, 9.17) is 9.47 Å². The number of hydrogen-bond donors (Lipinski definition) is 1. The Kier molecular flexibility index (Phi) is 7.52. The second-order valence-corrected chi connectivity index (χ2v) is 9.31. The van der Waals surface area contributed by atoms with E-state index in [-0.39, 0.29) is 5.69 Å². The maximum absolute atomic E-state index is 12.8. The van der Waals surface area contributed by atoms with Gasteiger partial charge in [-0.3, -0.25) is 4.79 Å². The van der Waals surface area contributed by atoms with Gasteiger partial charge in [0.15, 0.2) is 6.10 Å². The summed E-state index contributed by atoms with van der Waals surface area (Å²) in [5, 5.41) is 3.07. The lowest BCUT2D eigenvalue weighted by Crippen LogP contribution is -2.25. The van der Waals surface area contributed by atoms with Crippen LogP contribution in [0.2, 0.25) is 0 Å². The van der Waals surface area contributed by atoms with Crippen LogP contribution in [0.1, 0.15) is 60.1 Å². The summed E-state index contributed by atoms with van der Waals surface area (Å²) in [5.74, 6) is -0.781. The van der Waals surface area contributed by atoms with Gasteiger partial charge in [-0.2, -0.15) is 0 Å². The standard InChI is InChI=1S/C23H24N2O5S2/c1-12-19(23(28)29-5)13(2)24-20(12)21(26)14(3)30-22(27)16-6-8-18(9-7-16)32-11-17-10-31-15(4)25-17/h6-10,14,24H,11H2,1-5H3. The zero-order chi connectivity index (χ0) is 23.4. The summed E-state index contributed by atoms with van der Waals surface area (Å²) in [6, 6.07) is 7.03. The summed E-state index contributed by atoms with van der Waals surface area (Å²) in [6.45, 7) is 6.82. The minimum absolute atomic E-state index is 0.229. The highest BCUT2D eigenvalue weighted by Crippen LogP contribution is 2.25. The Morgan fingerprint density at radius 3 is 2.41 bits per heavy atom. The number of thioether (sulfide) groups is 1. The Bertz CT molecular complexity index is 1150. The van der Waals surface area contributed by atoms with Gasteiger partial charge in [0.1, 0.15) is 0 Å². The molecule has 0 amide bonds. The Hall–Kier alpha value is -2.91. The first-order valence-corrected chi connectivity index (χ1v) is 11.7. The van der Waals surface area contributed by atoms with E-state index in [0.717, 1.165) is 21.3 Å². The van der Waals surface area contributed by atoms with Gasteiger partial charge in [-0.1, -0.05) is 0 Å². The molecule has 1 N–H and O–H groups in total. The predicted octanol–water partition coefficient (Wildman–Crippen LogP) is 4.90. The van der Waals surface area contributed by atoms with Crippen LogP contribution in [-0.4, -0.2) is 40.9 Å². The zero-order valence-electron chi connectivity index (χ0n) is 18.5. The van der Waals surface area contributed by atoms with Crippen molar-refractivity contribution in [3.8, 4) is 0 Å². The first-order valence-electron chi connectivity index (χ1n) is 9.87. The minimum Gasteiger partial charge on any atom is -0.465 e. The fourth-order valence-corrected chi connectivity index (χ4v) is 4.72. The van der Waals surface area contributed by atoms with Crippen molar-refractivity contribution in [2.45, 2.75) is 44.4 Å². The SMILES string of the molecule is COC(=O)c1c(C)[nH]c(C(=O)C(C)OC(=O)c2ccc(SCc3csc(C)n3)cc2)c1C. The normalized spacial score (nSPS) is 11.8.